The van der Waals surface area contributed by atoms with Crippen LogP contribution in [0, 0.1) is 17.6 Å². The number of esters is 1. The number of hydrogen-bond donors (Lipinski definition) is 2. The summed E-state index contributed by atoms with van der Waals surface area (Å²) in [7, 11) is -1.75. The van der Waals surface area contributed by atoms with Gasteiger partial charge >= 0.3 is 5.97 Å². The molecule has 2 N–H and O–H groups in total. The summed E-state index contributed by atoms with van der Waals surface area (Å²) in [6.45, 7) is 1.94. The van der Waals surface area contributed by atoms with Gasteiger partial charge in [-0.1, -0.05) is 18.2 Å². The molecule has 0 saturated heterocycles. The number of thiol groups is 1. The SMILES string of the molecule is CCOC(=O)c1csc(-n2nc(CC3CC3)c(Cc3ccc([SH](C)(N)=O)c(F)c3)c2-c2ccc(F)c(-c3cccc(OC)c3)c2)n1. The Bertz CT molecular complexity index is 1980. The first-order valence-electron chi connectivity index (χ1n) is 14.9. The lowest BCUT2D eigenvalue weighted by molar-refractivity contribution is 0.0520. The van der Waals surface area contributed by atoms with Gasteiger partial charge in [0.15, 0.2) is 5.69 Å². The number of rotatable bonds is 11. The van der Waals surface area contributed by atoms with E-state index in [2.05, 4.69) is 4.98 Å². The van der Waals surface area contributed by atoms with Crippen molar-refractivity contribution in [1.29, 1.82) is 0 Å². The van der Waals surface area contributed by atoms with Crippen LogP contribution < -0.4 is 9.88 Å². The fourth-order valence-electron chi connectivity index (χ4n) is 5.44. The zero-order valence-electron chi connectivity index (χ0n) is 25.6. The van der Waals surface area contributed by atoms with Crippen LogP contribution in [0.4, 0.5) is 8.78 Å². The maximum Gasteiger partial charge on any atom is 0.357 e. The fourth-order valence-corrected chi connectivity index (χ4v) is 7.05. The van der Waals surface area contributed by atoms with Crippen molar-refractivity contribution in [3.63, 3.8) is 0 Å². The molecule has 1 aliphatic rings. The van der Waals surface area contributed by atoms with Crippen LogP contribution in [0.25, 0.3) is 27.5 Å². The molecular weight excluding hydrogens is 631 g/mol. The molecule has 8 nitrogen and oxygen atoms in total. The number of halogens is 2. The Morgan fingerprint density at radius 1 is 1.09 bits per heavy atom. The average molecular weight is 665 g/mol. The van der Waals surface area contributed by atoms with E-state index >= 15 is 8.78 Å². The number of ether oxygens (including phenoxy) is 2. The molecule has 0 amide bonds. The Morgan fingerprint density at radius 3 is 2.59 bits per heavy atom. The quantitative estimate of drug-likeness (QED) is 0.123. The summed E-state index contributed by atoms with van der Waals surface area (Å²) in [6, 6.07) is 16.6. The number of aromatic nitrogens is 3. The second-order valence-corrected chi connectivity index (χ2v) is 14.7. The van der Waals surface area contributed by atoms with Gasteiger partial charge in [-0.05, 0) is 95.8 Å². The number of nitrogens with two attached hydrogens (primary N) is 1. The highest BCUT2D eigenvalue weighted by Crippen LogP contribution is 2.39. The van der Waals surface area contributed by atoms with Crippen LogP contribution in [0.3, 0.4) is 0 Å². The lowest BCUT2D eigenvalue weighted by atomic mass is 9.94. The summed E-state index contributed by atoms with van der Waals surface area (Å²) in [5.74, 6) is -0.532. The molecule has 0 radical (unpaired) electrons. The van der Waals surface area contributed by atoms with E-state index in [1.54, 1.807) is 60.5 Å². The molecule has 12 heteroatoms. The predicted octanol–water partition coefficient (Wildman–Crippen LogP) is 6.55. The molecule has 1 fully saturated rings. The first-order valence-corrected chi connectivity index (χ1v) is 18.0. The highest BCUT2D eigenvalue weighted by atomic mass is 32.3. The van der Waals surface area contributed by atoms with E-state index in [1.165, 1.54) is 35.8 Å². The molecule has 1 aliphatic carbocycles. The molecule has 0 atom stereocenters. The van der Waals surface area contributed by atoms with E-state index in [4.69, 9.17) is 19.7 Å². The van der Waals surface area contributed by atoms with Gasteiger partial charge in [-0.3, -0.25) is 9.35 Å². The van der Waals surface area contributed by atoms with Gasteiger partial charge in [-0.15, -0.1) is 11.3 Å². The van der Waals surface area contributed by atoms with Crippen LogP contribution in [0.5, 0.6) is 5.75 Å². The third kappa shape index (κ3) is 6.64. The molecule has 2 aromatic heterocycles. The van der Waals surface area contributed by atoms with Crippen LogP contribution >= 0.6 is 11.3 Å². The van der Waals surface area contributed by atoms with E-state index in [0.29, 0.717) is 51.2 Å². The molecule has 2 heterocycles. The summed E-state index contributed by atoms with van der Waals surface area (Å²) in [6.07, 6.45) is 4.47. The topological polar surface area (TPSA) is 109 Å². The number of carbonyl (C=O) groups excluding carboxylic acids is 1. The number of benzene rings is 3. The zero-order valence-corrected chi connectivity index (χ0v) is 27.3. The Hall–Kier alpha value is -4.26. The molecule has 6 rings (SSSR count). The van der Waals surface area contributed by atoms with Gasteiger partial charge in [-0.2, -0.15) is 5.10 Å². The van der Waals surface area contributed by atoms with Crippen molar-refractivity contribution < 1.29 is 27.3 Å². The largest absolute Gasteiger partial charge is 0.497 e. The van der Waals surface area contributed by atoms with E-state index in [-0.39, 0.29) is 23.6 Å². The summed E-state index contributed by atoms with van der Waals surface area (Å²) in [5, 5.41) is 12.9. The highest BCUT2D eigenvalue weighted by Gasteiger charge is 2.29. The van der Waals surface area contributed by atoms with Gasteiger partial charge in [0.1, 0.15) is 17.4 Å². The second-order valence-electron chi connectivity index (χ2n) is 11.4. The van der Waals surface area contributed by atoms with E-state index < -0.39 is 27.7 Å². The molecule has 0 unspecified atom stereocenters. The van der Waals surface area contributed by atoms with Gasteiger partial charge in [0, 0.05) is 34.7 Å². The molecule has 46 heavy (non-hydrogen) atoms. The lowest BCUT2D eigenvalue weighted by Gasteiger charge is -2.15. The standard InChI is InChI=1S/C34H34F2N4O4S2/c1-4-44-33(41)30-19-45-34(38-30)40-32(23-11-12-27(35)25(18-23)22-6-5-7-24(17-22)43-2)26(29(39-40)16-20-8-9-20)14-21-10-13-31(28(36)15-21)46(3,37)42/h5-7,10-13,15,17-20,46H,4,8-9,14,16H2,1-3H3,(H2,37,42). The molecule has 240 valence electrons. The molecule has 0 spiro atoms. The van der Waals surface area contributed by atoms with Gasteiger partial charge in [-0.25, -0.2) is 23.2 Å². The van der Waals surface area contributed by atoms with E-state index in [1.807, 2.05) is 6.07 Å². The summed E-state index contributed by atoms with van der Waals surface area (Å²) in [5.41, 5.74) is 4.73. The van der Waals surface area contributed by atoms with Crippen LogP contribution in [-0.2, 0) is 27.7 Å². The van der Waals surface area contributed by atoms with Gasteiger partial charge < -0.3 is 9.47 Å². The smallest absolute Gasteiger partial charge is 0.357 e. The minimum absolute atomic E-state index is 0.0129. The first kappa shape index (κ1) is 31.7. The van der Waals surface area contributed by atoms with Crippen LogP contribution in [0.1, 0.15) is 47.1 Å². The zero-order chi connectivity index (χ0) is 32.6. The Morgan fingerprint density at radius 2 is 1.89 bits per heavy atom. The normalized spacial score (nSPS) is 13.5. The van der Waals surface area contributed by atoms with Crippen molar-refractivity contribution in [3.8, 4) is 33.3 Å². The monoisotopic (exact) mass is 664 g/mol. The third-order valence-electron chi connectivity index (χ3n) is 7.90. The average Bonchev–Trinajstić information content (AvgIpc) is 3.58. The highest BCUT2D eigenvalue weighted by molar-refractivity contribution is 8.00. The van der Waals surface area contributed by atoms with Crippen LogP contribution in [0.2, 0.25) is 0 Å². The van der Waals surface area contributed by atoms with Crippen molar-refractivity contribution in [1.82, 2.24) is 14.8 Å². The van der Waals surface area contributed by atoms with Crippen molar-refractivity contribution in [2.75, 3.05) is 20.0 Å². The molecule has 3 aromatic carbocycles. The van der Waals surface area contributed by atoms with Gasteiger partial charge in [0.25, 0.3) is 0 Å². The predicted molar refractivity (Wildman–Crippen MR) is 176 cm³/mol. The van der Waals surface area contributed by atoms with E-state index in [9.17, 15) is 9.00 Å². The molecule has 1 saturated carbocycles. The minimum Gasteiger partial charge on any atom is -0.497 e. The maximum absolute atomic E-state index is 15.4. The van der Waals surface area contributed by atoms with Crippen molar-refractivity contribution in [3.05, 3.63) is 100 Å². The third-order valence-corrected chi connectivity index (χ3v) is 10.0. The van der Waals surface area contributed by atoms with E-state index in [0.717, 1.165) is 24.1 Å². The summed E-state index contributed by atoms with van der Waals surface area (Å²) >= 11 is 1.24. The number of hydrogen-bond acceptors (Lipinski definition) is 7. The minimum atomic E-state index is -3.31. The number of methoxy groups -OCH3 is 1. The summed E-state index contributed by atoms with van der Waals surface area (Å²) in [4.78, 5) is 17.1. The van der Waals surface area contributed by atoms with Crippen molar-refractivity contribution >= 4 is 27.4 Å². The number of thiazole rings is 1. The van der Waals surface area contributed by atoms with Crippen molar-refractivity contribution in [2.24, 2.45) is 11.1 Å². The van der Waals surface area contributed by atoms with Crippen LogP contribution in [-0.4, -0.2) is 44.9 Å². The molecule has 0 bridgehead atoms. The first-order chi connectivity index (χ1) is 22.0. The molecule has 5 aromatic rings. The molecular formula is C34H34F2N4O4S2. The molecule has 0 aliphatic heterocycles. The number of nitrogens with zero attached hydrogens (tertiary/aromatic N) is 3. The lowest BCUT2D eigenvalue weighted by Crippen LogP contribution is -2.22. The Labute approximate surface area is 270 Å². The second kappa shape index (κ2) is 12.9. The number of carbonyl (C=O) groups is 1. The Kier molecular flexibility index (Phi) is 8.86. The van der Waals surface area contributed by atoms with Gasteiger partial charge in [0.05, 0.1) is 30.0 Å². The van der Waals surface area contributed by atoms with Gasteiger partial charge in [0.2, 0.25) is 5.13 Å². The maximum atomic E-state index is 15.4. The van der Waals surface area contributed by atoms with Crippen molar-refractivity contribution in [2.45, 2.75) is 37.5 Å². The van der Waals surface area contributed by atoms with Crippen LogP contribution in [0.15, 0.2) is 70.9 Å². The fraction of sp³-hybridized carbons (Fsp3) is 0.265. The Balaban J connectivity index is 1.55. The summed E-state index contributed by atoms with van der Waals surface area (Å²) < 4.78 is 55.3.